The van der Waals surface area contributed by atoms with Gasteiger partial charge in [0.15, 0.2) is 11.2 Å². The van der Waals surface area contributed by atoms with Gasteiger partial charge in [-0.3, -0.25) is 13.9 Å². The molecule has 0 amide bonds. The molecule has 144 valence electrons. The van der Waals surface area contributed by atoms with Crippen molar-refractivity contribution >= 4 is 17.1 Å². The summed E-state index contributed by atoms with van der Waals surface area (Å²) in [4.78, 5) is 28.6. The molecule has 0 radical (unpaired) electrons. The van der Waals surface area contributed by atoms with E-state index in [4.69, 9.17) is 15.2 Å². The number of benzene rings is 1. The highest BCUT2D eigenvalue weighted by Crippen LogP contribution is 2.18. The molecule has 3 N–H and O–H groups in total. The second kappa shape index (κ2) is 7.16. The zero-order valence-corrected chi connectivity index (χ0v) is 15.2. The Labute approximate surface area is 154 Å². The number of aryl methyl sites for hydroxylation is 1. The Morgan fingerprint density at radius 1 is 1.15 bits per heavy atom. The van der Waals surface area contributed by atoms with Crippen LogP contribution in [-0.4, -0.2) is 43.6 Å². The predicted molar refractivity (Wildman–Crippen MR) is 99.1 cm³/mol. The third-order valence-corrected chi connectivity index (χ3v) is 4.27. The fraction of sp³-hybridized carbons (Fsp3) is 0.353. The van der Waals surface area contributed by atoms with Gasteiger partial charge in [-0.15, -0.1) is 0 Å². The molecule has 10 nitrogen and oxygen atoms in total. The molecule has 3 rings (SSSR count). The Balaban J connectivity index is 1.82. The summed E-state index contributed by atoms with van der Waals surface area (Å²) in [6, 6.07) is 6.93. The number of aliphatic hydroxyl groups is 1. The molecule has 0 spiro atoms. The Bertz CT molecular complexity index is 1080. The number of anilines is 1. The third kappa shape index (κ3) is 3.38. The van der Waals surface area contributed by atoms with Crippen LogP contribution in [0.2, 0.25) is 0 Å². The van der Waals surface area contributed by atoms with E-state index in [1.54, 1.807) is 31.4 Å². The van der Waals surface area contributed by atoms with Gasteiger partial charge in [-0.05, 0) is 24.3 Å². The smallest absolute Gasteiger partial charge is 0.332 e. The van der Waals surface area contributed by atoms with E-state index in [2.05, 4.69) is 4.98 Å². The summed E-state index contributed by atoms with van der Waals surface area (Å²) in [6.45, 7) is -0.0244. The number of methoxy groups -OCH3 is 1. The van der Waals surface area contributed by atoms with Gasteiger partial charge in [-0.2, -0.15) is 4.98 Å². The Kier molecular flexibility index (Phi) is 4.91. The molecule has 3 aromatic rings. The van der Waals surface area contributed by atoms with Crippen molar-refractivity contribution in [1.82, 2.24) is 18.7 Å². The van der Waals surface area contributed by atoms with Crippen molar-refractivity contribution in [2.45, 2.75) is 12.6 Å². The topological polar surface area (TPSA) is 127 Å². The molecule has 2 heterocycles. The number of aromatic nitrogens is 4. The van der Waals surface area contributed by atoms with Gasteiger partial charge in [-0.1, -0.05) is 0 Å². The van der Waals surface area contributed by atoms with Crippen LogP contribution in [-0.2, 0) is 20.6 Å². The number of imidazole rings is 1. The average Bonchev–Trinajstić information content (AvgIpc) is 2.99. The lowest BCUT2D eigenvalue weighted by molar-refractivity contribution is 0.0938. The van der Waals surface area contributed by atoms with E-state index in [1.165, 1.54) is 23.2 Å². The minimum absolute atomic E-state index is 0.00800. The number of fused-ring (bicyclic) bond motifs is 1. The van der Waals surface area contributed by atoms with Gasteiger partial charge in [0.05, 0.1) is 13.7 Å². The van der Waals surface area contributed by atoms with E-state index in [0.29, 0.717) is 11.5 Å². The Morgan fingerprint density at radius 3 is 2.41 bits per heavy atom. The highest BCUT2D eigenvalue weighted by atomic mass is 16.5. The number of hydrogen-bond donors (Lipinski definition) is 2. The molecule has 0 fully saturated rings. The maximum Gasteiger partial charge on any atom is 0.332 e. The number of hydrogen-bond acceptors (Lipinski definition) is 7. The molecule has 10 heteroatoms. The molecule has 1 atom stereocenters. The van der Waals surface area contributed by atoms with E-state index >= 15 is 0 Å². The molecule has 0 aliphatic carbocycles. The molecule has 27 heavy (non-hydrogen) atoms. The molecular formula is C17H21N5O5. The fourth-order valence-electron chi connectivity index (χ4n) is 2.78. The van der Waals surface area contributed by atoms with Gasteiger partial charge in [0.1, 0.15) is 24.2 Å². The van der Waals surface area contributed by atoms with Gasteiger partial charge >= 0.3 is 5.69 Å². The lowest BCUT2D eigenvalue weighted by atomic mass is 10.3. The summed E-state index contributed by atoms with van der Waals surface area (Å²) in [5.41, 5.74) is 5.20. The summed E-state index contributed by atoms with van der Waals surface area (Å²) in [5, 5.41) is 10.3. The van der Waals surface area contributed by atoms with Gasteiger partial charge in [0.25, 0.3) is 5.56 Å². The van der Waals surface area contributed by atoms with Gasteiger partial charge in [0.2, 0.25) is 5.95 Å². The van der Waals surface area contributed by atoms with Crippen molar-refractivity contribution in [3.8, 4) is 11.5 Å². The summed E-state index contributed by atoms with van der Waals surface area (Å²) in [7, 11) is 4.45. The summed E-state index contributed by atoms with van der Waals surface area (Å²) in [5.74, 6) is 1.30. The second-order valence-electron chi connectivity index (χ2n) is 6.10. The van der Waals surface area contributed by atoms with Crippen molar-refractivity contribution in [2.24, 2.45) is 14.1 Å². The molecule has 2 aromatic heterocycles. The molecule has 0 bridgehead atoms. The largest absolute Gasteiger partial charge is 0.497 e. The van der Waals surface area contributed by atoms with Crippen molar-refractivity contribution in [3.63, 3.8) is 0 Å². The molecule has 0 saturated heterocycles. The van der Waals surface area contributed by atoms with Crippen LogP contribution >= 0.6 is 0 Å². The molecule has 1 aromatic carbocycles. The van der Waals surface area contributed by atoms with Gasteiger partial charge in [0, 0.05) is 14.1 Å². The van der Waals surface area contributed by atoms with E-state index in [0.717, 1.165) is 4.57 Å². The SMILES string of the molecule is COc1ccc(OC[C@@H](O)Cn2c(N)nc3c2c(=O)n(C)c(=O)n3C)cc1. The van der Waals surface area contributed by atoms with E-state index in [1.807, 2.05) is 0 Å². The zero-order valence-electron chi connectivity index (χ0n) is 15.2. The first-order valence-corrected chi connectivity index (χ1v) is 8.20. The van der Waals surface area contributed by atoms with Gasteiger partial charge < -0.3 is 24.9 Å². The minimum atomic E-state index is -0.950. The van der Waals surface area contributed by atoms with E-state index < -0.39 is 17.4 Å². The number of aliphatic hydroxyl groups excluding tert-OH is 1. The third-order valence-electron chi connectivity index (χ3n) is 4.27. The van der Waals surface area contributed by atoms with Gasteiger partial charge in [-0.25, -0.2) is 4.79 Å². The molecule has 0 saturated carbocycles. The van der Waals surface area contributed by atoms with Crippen LogP contribution < -0.4 is 26.5 Å². The Hall–Kier alpha value is -3.27. The molecule has 0 aliphatic rings. The summed E-state index contributed by atoms with van der Waals surface area (Å²) < 4.78 is 14.2. The number of nitrogens with two attached hydrogens (primary N) is 1. The summed E-state index contributed by atoms with van der Waals surface area (Å²) in [6.07, 6.45) is -0.950. The Morgan fingerprint density at radius 2 is 1.78 bits per heavy atom. The maximum atomic E-state index is 12.5. The number of nitrogens with zero attached hydrogens (tertiary/aromatic N) is 4. The van der Waals surface area contributed by atoms with Crippen LogP contribution in [0.4, 0.5) is 5.95 Å². The number of nitrogen functional groups attached to an aromatic ring is 1. The first-order chi connectivity index (χ1) is 12.8. The highest BCUT2D eigenvalue weighted by molar-refractivity contribution is 5.73. The van der Waals surface area contributed by atoms with E-state index in [9.17, 15) is 14.7 Å². The van der Waals surface area contributed by atoms with E-state index in [-0.39, 0.29) is 30.3 Å². The van der Waals surface area contributed by atoms with Crippen LogP contribution in [0.3, 0.4) is 0 Å². The minimum Gasteiger partial charge on any atom is -0.497 e. The van der Waals surface area contributed by atoms with Crippen LogP contribution in [0.25, 0.3) is 11.2 Å². The van der Waals surface area contributed by atoms with Crippen LogP contribution in [0, 0.1) is 0 Å². The monoisotopic (exact) mass is 375 g/mol. The lowest BCUT2D eigenvalue weighted by Gasteiger charge is -2.14. The quantitative estimate of drug-likeness (QED) is 0.593. The predicted octanol–water partition coefficient (Wildman–Crippen LogP) is -0.536. The van der Waals surface area contributed by atoms with Crippen LogP contribution in [0.5, 0.6) is 11.5 Å². The number of rotatable bonds is 6. The molecular weight excluding hydrogens is 354 g/mol. The highest BCUT2D eigenvalue weighted by Gasteiger charge is 2.19. The average molecular weight is 375 g/mol. The van der Waals surface area contributed by atoms with Crippen molar-refractivity contribution < 1.29 is 14.6 Å². The normalized spacial score (nSPS) is 12.3. The van der Waals surface area contributed by atoms with Crippen LogP contribution in [0.15, 0.2) is 33.9 Å². The van der Waals surface area contributed by atoms with Crippen molar-refractivity contribution in [3.05, 3.63) is 45.1 Å². The summed E-state index contributed by atoms with van der Waals surface area (Å²) >= 11 is 0. The lowest BCUT2D eigenvalue weighted by Crippen LogP contribution is -2.38. The number of ether oxygens (including phenoxy) is 2. The first-order valence-electron chi connectivity index (χ1n) is 8.20. The standard InChI is InChI=1S/C17H21N5O5/c1-20-14-13(15(24)21(2)17(20)25)22(16(18)19-14)8-10(23)9-27-12-6-4-11(26-3)5-7-12/h4-7,10,23H,8-9H2,1-3H3,(H2,18,19)/t10-/m0/s1. The zero-order chi connectivity index (χ0) is 19.7. The second-order valence-corrected chi connectivity index (χ2v) is 6.10. The molecule has 0 unspecified atom stereocenters. The van der Waals surface area contributed by atoms with Crippen molar-refractivity contribution in [1.29, 1.82) is 0 Å². The van der Waals surface area contributed by atoms with Crippen LogP contribution in [0.1, 0.15) is 0 Å². The fourth-order valence-corrected chi connectivity index (χ4v) is 2.78. The first kappa shape index (κ1) is 18.5. The van der Waals surface area contributed by atoms with Crippen molar-refractivity contribution in [2.75, 3.05) is 19.5 Å². The molecule has 0 aliphatic heterocycles. The maximum absolute atomic E-state index is 12.5.